The first kappa shape index (κ1) is 18.8. The molecule has 1 aliphatic carbocycles. The predicted molar refractivity (Wildman–Crippen MR) is 107 cm³/mol. The van der Waals surface area contributed by atoms with Gasteiger partial charge in [-0.15, -0.1) is 0 Å². The third kappa shape index (κ3) is 5.04. The van der Waals surface area contributed by atoms with Crippen LogP contribution in [-0.2, 0) is 4.79 Å². The average Bonchev–Trinajstić information content (AvgIpc) is 3.15. The van der Waals surface area contributed by atoms with Crippen LogP contribution in [0, 0.1) is 5.92 Å². The largest absolute Gasteiger partial charge is 0.339 e. The minimum absolute atomic E-state index is 0.0212. The molecule has 2 N–H and O–H groups in total. The standard InChI is InChI=1S/C20H27N3O2S/c24-18(14-15-8-2-3-9-15)22-20(26)21-17-11-5-4-10-16(17)19(25)23-12-6-1-7-13-23/h4-5,10-11,15H,1-3,6-9,12-14H2,(H2,21,22,24,26). The number of nitrogens with one attached hydrogen (secondary N) is 2. The Balaban J connectivity index is 1.59. The zero-order valence-electron chi connectivity index (χ0n) is 15.1. The number of para-hydroxylation sites is 1. The lowest BCUT2D eigenvalue weighted by Crippen LogP contribution is -2.37. The number of hydrogen-bond donors (Lipinski definition) is 2. The molecule has 0 unspecified atom stereocenters. The second kappa shape index (κ2) is 9.12. The van der Waals surface area contributed by atoms with Crippen LogP contribution in [0.4, 0.5) is 5.69 Å². The molecule has 1 aromatic rings. The van der Waals surface area contributed by atoms with Crippen LogP contribution in [0.5, 0.6) is 0 Å². The van der Waals surface area contributed by atoms with Gasteiger partial charge in [0, 0.05) is 19.5 Å². The number of carbonyl (C=O) groups excluding carboxylic acids is 2. The number of likely N-dealkylation sites (tertiary alicyclic amines) is 1. The maximum Gasteiger partial charge on any atom is 0.255 e. The quantitative estimate of drug-likeness (QED) is 0.790. The summed E-state index contributed by atoms with van der Waals surface area (Å²) >= 11 is 5.29. The molecule has 6 heteroatoms. The van der Waals surface area contributed by atoms with Crippen LogP contribution in [-0.4, -0.2) is 34.9 Å². The number of rotatable bonds is 4. The van der Waals surface area contributed by atoms with Gasteiger partial charge in [0.05, 0.1) is 11.3 Å². The Kier molecular flexibility index (Phi) is 6.61. The van der Waals surface area contributed by atoms with Crippen molar-refractivity contribution in [3.05, 3.63) is 29.8 Å². The van der Waals surface area contributed by atoms with E-state index in [-0.39, 0.29) is 16.9 Å². The van der Waals surface area contributed by atoms with E-state index in [0.717, 1.165) is 38.8 Å². The summed E-state index contributed by atoms with van der Waals surface area (Å²) in [5.74, 6) is 0.452. The Bertz CT molecular complexity index is 665. The van der Waals surface area contributed by atoms with Crippen LogP contribution in [0.2, 0.25) is 0 Å². The van der Waals surface area contributed by atoms with Gasteiger partial charge >= 0.3 is 0 Å². The second-order valence-corrected chi connectivity index (χ2v) is 7.66. The molecule has 1 saturated carbocycles. The summed E-state index contributed by atoms with van der Waals surface area (Å²) in [7, 11) is 0. The van der Waals surface area contributed by atoms with Gasteiger partial charge < -0.3 is 15.5 Å². The van der Waals surface area contributed by atoms with Gasteiger partial charge in [-0.05, 0) is 62.4 Å². The normalized spacial score (nSPS) is 17.8. The fraction of sp³-hybridized carbons (Fsp3) is 0.550. The molecule has 140 valence electrons. The Morgan fingerprint density at radius 1 is 1.04 bits per heavy atom. The van der Waals surface area contributed by atoms with Crippen molar-refractivity contribution in [1.29, 1.82) is 0 Å². The van der Waals surface area contributed by atoms with Gasteiger partial charge in [-0.1, -0.05) is 25.0 Å². The first-order valence-electron chi connectivity index (χ1n) is 9.62. The molecule has 3 rings (SSSR count). The van der Waals surface area contributed by atoms with Crippen molar-refractivity contribution in [2.45, 2.75) is 51.4 Å². The predicted octanol–water partition coefficient (Wildman–Crippen LogP) is 3.71. The van der Waals surface area contributed by atoms with Crippen molar-refractivity contribution in [3.8, 4) is 0 Å². The SMILES string of the molecule is O=C(CC1CCCC1)NC(=S)Nc1ccccc1C(=O)N1CCCCC1. The summed E-state index contributed by atoms with van der Waals surface area (Å²) in [6.45, 7) is 1.60. The third-order valence-electron chi connectivity index (χ3n) is 5.25. The number of amides is 2. The number of piperidine rings is 1. The average molecular weight is 374 g/mol. The van der Waals surface area contributed by atoms with E-state index < -0.39 is 0 Å². The molecule has 0 radical (unpaired) electrons. The molecule has 2 amide bonds. The molecule has 2 aliphatic rings. The van der Waals surface area contributed by atoms with Gasteiger partial charge in [-0.2, -0.15) is 0 Å². The van der Waals surface area contributed by atoms with Gasteiger partial charge in [0.15, 0.2) is 5.11 Å². The molecular formula is C20H27N3O2S. The Hall–Kier alpha value is -1.95. The van der Waals surface area contributed by atoms with Crippen molar-refractivity contribution >= 4 is 34.8 Å². The monoisotopic (exact) mass is 373 g/mol. The van der Waals surface area contributed by atoms with E-state index in [1.165, 1.54) is 19.3 Å². The fourth-order valence-electron chi connectivity index (χ4n) is 3.85. The molecule has 0 aromatic heterocycles. The number of hydrogen-bond acceptors (Lipinski definition) is 3. The summed E-state index contributed by atoms with van der Waals surface area (Å²) in [4.78, 5) is 26.9. The Labute approximate surface area is 160 Å². The van der Waals surface area contributed by atoms with Crippen molar-refractivity contribution in [3.63, 3.8) is 0 Å². The lowest BCUT2D eigenvalue weighted by atomic mass is 10.0. The molecule has 1 aliphatic heterocycles. The van der Waals surface area contributed by atoms with Crippen molar-refractivity contribution in [2.75, 3.05) is 18.4 Å². The molecule has 5 nitrogen and oxygen atoms in total. The molecular weight excluding hydrogens is 346 g/mol. The first-order valence-corrected chi connectivity index (χ1v) is 10.0. The third-order valence-corrected chi connectivity index (χ3v) is 5.45. The summed E-state index contributed by atoms with van der Waals surface area (Å²) in [6, 6.07) is 7.34. The van der Waals surface area contributed by atoms with E-state index in [4.69, 9.17) is 12.2 Å². The van der Waals surface area contributed by atoms with E-state index in [0.29, 0.717) is 23.6 Å². The molecule has 0 bridgehead atoms. The molecule has 2 fully saturated rings. The van der Waals surface area contributed by atoms with Gasteiger partial charge in [0.2, 0.25) is 5.91 Å². The second-order valence-electron chi connectivity index (χ2n) is 7.26. The topological polar surface area (TPSA) is 61.4 Å². The van der Waals surface area contributed by atoms with Crippen LogP contribution in [0.3, 0.4) is 0 Å². The molecule has 0 spiro atoms. The van der Waals surface area contributed by atoms with Gasteiger partial charge in [-0.3, -0.25) is 9.59 Å². The molecule has 1 saturated heterocycles. The number of carbonyl (C=O) groups is 2. The lowest BCUT2D eigenvalue weighted by molar-refractivity contribution is -0.120. The van der Waals surface area contributed by atoms with E-state index >= 15 is 0 Å². The number of nitrogens with zero attached hydrogens (tertiary/aromatic N) is 1. The number of benzene rings is 1. The zero-order valence-corrected chi connectivity index (χ0v) is 15.9. The van der Waals surface area contributed by atoms with E-state index in [2.05, 4.69) is 10.6 Å². The molecule has 1 aromatic carbocycles. The number of anilines is 1. The van der Waals surface area contributed by atoms with Crippen molar-refractivity contribution in [1.82, 2.24) is 10.2 Å². The summed E-state index contributed by atoms with van der Waals surface area (Å²) < 4.78 is 0. The Morgan fingerprint density at radius 2 is 1.73 bits per heavy atom. The van der Waals surface area contributed by atoms with Crippen LogP contribution >= 0.6 is 12.2 Å². The van der Waals surface area contributed by atoms with Crippen LogP contribution in [0.1, 0.15) is 61.7 Å². The summed E-state index contributed by atoms with van der Waals surface area (Å²) in [6.07, 6.45) is 8.49. The fourth-order valence-corrected chi connectivity index (χ4v) is 4.08. The zero-order chi connectivity index (χ0) is 18.4. The lowest BCUT2D eigenvalue weighted by Gasteiger charge is -2.27. The molecule has 26 heavy (non-hydrogen) atoms. The maximum absolute atomic E-state index is 12.8. The van der Waals surface area contributed by atoms with E-state index in [1.54, 1.807) is 0 Å². The molecule has 0 atom stereocenters. The highest BCUT2D eigenvalue weighted by atomic mass is 32.1. The molecule has 1 heterocycles. The minimum atomic E-state index is -0.0470. The number of thiocarbonyl (C=S) groups is 1. The van der Waals surface area contributed by atoms with E-state index in [9.17, 15) is 9.59 Å². The van der Waals surface area contributed by atoms with Crippen molar-refractivity contribution in [2.24, 2.45) is 5.92 Å². The highest BCUT2D eigenvalue weighted by molar-refractivity contribution is 7.80. The maximum atomic E-state index is 12.8. The van der Waals surface area contributed by atoms with Crippen LogP contribution in [0.25, 0.3) is 0 Å². The highest BCUT2D eigenvalue weighted by Crippen LogP contribution is 2.27. The minimum Gasteiger partial charge on any atom is -0.339 e. The highest BCUT2D eigenvalue weighted by Gasteiger charge is 2.22. The summed E-state index contributed by atoms with van der Waals surface area (Å²) in [5, 5.41) is 6.05. The Morgan fingerprint density at radius 3 is 2.46 bits per heavy atom. The van der Waals surface area contributed by atoms with Gasteiger partial charge in [0.1, 0.15) is 0 Å². The smallest absolute Gasteiger partial charge is 0.255 e. The van der Waals surface area contributed by atoms with E-state index in [1.807, 2.05) is 29.2 Å². The van der Waals surface area contributed by atoms with Crippen LogP contribution < -0.4 is 10.6 Å². The van der Waals surface area contributed by atoms with Gasteiger partial charge in [0.25, 0.3) is 5.91 Å². The first-order chi connectivity index (χ1) is 12.6. The van der Waals surface area contributed by atoms with Crippen LogP contribution in [0.15, 0.2) is 24.3 Å². The summed E-state index contributed by atoms with van der Waals surface area (Å²) in [5.41, 5.74) is 1.25. The van der Waals surface area contributed by atoms with Crippen molar-refractivity contribution < 1.29 is 9.59 Å². The van der Waals surface area contributed by atoms with Gasteiger partial charge in [-0.25, -0.2) is 0 Å².